The topological polar surface area (TPSA) is 46.6 Å². The van der Waals surface area contributed by atoms with E-state index in [0.717, 1.165) is 17.4 Å². The third kappa shape index (κ3) is 2.54. The Morgan fingerprint density at radius 3 is 2.80 bits per heavy atom. The summed E-state index contributed by atoms with van der Waals surface area (Å²) in [5.41, 5.74) is 0.523. The maximum atomic E-state index is 12.2. The van der Waals surface area contributed by atoms with Crippen LogP contribution >= 0.6 is 15.9 Å². The zero-order valence-electron chi connectivity index (χ0n) is 11.4. The number of hydrogen-bond donors (Lipinski definition) is 0. The maximum Gasteiger partial charge on any atom is 0.258 e. The van der Waals surface area contributed by atoms with Crippen molar-refractivity contribution in [2.45, 2.75) is 25.8 Å². The van der Waals surface area contributed by atoms with Gasteiger partial charge in [0, 0.05) is 13.0 Å². The molecule has 20 heavy (non-hydrogen) atoms. The fourth-order valence-corrected chi connectivity index (χ4v) is 2.76. The average Bonchev–Trinajstić information content (AvgIpc) is 2.81. The molecule has 2 aromatic rings. The fourth-order valence-electron chi connectivity index (χ4n) is 2.35. The highest BCUT2D eigenvalue weighted by Crippen LogP contribution is 2.47. The van der Waals surface area contributed by atoms with Crippen molar-refractivity contribution in [2.75, 3.05) is 7.05 Å². The van der Waals surface area contributed by atoms with Crippen LogP contribution in [0.15, 0.2) is 38.0 Å². The first-order valence-corrected chi connectivity index (χ1v) is 7.42. The summed E-state index contributed by atoms with van der Waals surface area (Å²) in [6.07, 6.45) is 2.69. The number of carbonyl (C=O) groups is 1. The van der Waals surface area contributed by atoms with E-state index in [0.29, 0.717) is 22.7 Å². The minimum atomic E-state index is -0.0941. The molecule has 2 heterocycles. The van der Waals surface area contributed by atoms with E-state index in [1.54, 1.807) is 18.0 Å². The van der Waals surface area contributed by atoms with Gasteiger partial charge in [0.1, 0.15) is 11.5 Å². The lowest BCUT2D eigenvalue weighted by Gasteiger charge is -2.14. The molecule has 0 radical (unpaired) electrons. The Kier molecular flexibility index (Phi) is 3.46. The lowest BCUT2D eigenvalue weighted by molar-refractivity contribution is 0.0773. The molecular formula is C15H16BrNO3. The van der Waals surface area contributed by atoms with E-state index in [1.807, 2.05) is 12.1 Å². The predicted octanol–water partition coefficient (Wildman–Crippen LogP) is 4.03. The van der Waals surface area contributed by atoms with E-state index in [9.17, 15) is 4.79 Å². The van der Waals surface area contributed by atoms with Crippen LogP contribution in [0.25, 0.3) is 0 Å². The Bertz CT molecular complexity index is 631. The maximum absolute atomic E-state index is 12.2. The summed E-state index contributed by atoms with van der Waals surface area (Å²) in [5, 5.41) is 0. The summed E-state index contributed by atoms with van der Waals surface area (Å²) < 4.78 is 11.4. The molecule has 0 spiro atoms. The van der Waals surface area contributed by atoms with Crippen molar-refractivity contribution in [1.82, 2.24) is 4.90 Å². The van der Waals surface area contributed by atoms with E-state index < -0.39 is 0 Å². The second-order valence-corrected chi connectivity index (χ2v) is 6.11. The monoisotopic (exact) mass is 337 g/mol. The highest BCUT2D eigenvalue weighted by atomic mass is 79.9. The van der Waals surface area contributed by atoms with Crippen LogP contribution in [0.1, 0.15) is 41.1 Å². The Labute approximate surface area is 125 Å². The van der Waals surface area contributed by atoms with Gasteiger partial charge in [-0.2, -0.15) is 0 Å². The molecule has 1 aliphatic rings. The van der Waals surface area contributed by atoms with Gasteiger partial charge < -0.3 is 13.7 Å². The van der Waals surface area contributed by atoms with E-state index in [2.05, 4.69) is 22.9 Å². The van der Waals surface area contributed by atoms with Crippen LogP contribution in [0.5, 0.6) is 0 Å². The minimum absolute atomic E-state index is 0.0941. The molecule has 2 aromatic heterocycles. The van der Waals surface area contributed by atoms with Crippen molar-refractivity contribution in [3.05, 3.63) is 46.2 Å². The molecule has 1 amide bonds. The molecule has 1 fully saturated rings. The average molecular weight is 338 g/mol. The van der Waals surface area contributed by atoms with Gasteiger partial charge in [0.2, 0.25) is 0 Å². The van der Waals surface area contributed by atoms with E-state index in [1.165, 1.54) is 12.7 Å². The number of amides is 1. The Hall–Kier alpha value is -1.49. The number of carbonyl (C=O) groups excluding carboxylic acids is 1. The smallest absolute Gasteiger partial charge is 0.258 e. The zero-order chi connectivity index (χ0) is 14.3. The SMILES string of the molecule is CC1CC1c1ccc(CN(C)C(=O)c2ccoc2Br)o1. The summed E-state index contributed by atoms with van der Waals surface area (Å²) in [4.78, 5) is 13.8. The molecule has 0 aliphatic heterocycles. The summed E-state index contributed by atoms with van der Waals surface area (Å²) in [6, 6.07) is 5.63. The summed E-state index contributed by atoms with van der Waals surface area (Å²) in [5.74, 6) is 3.04. The van der Waals surface area contributed by atoms with E-state index in [4.69, 9.17) is 8.83 Å². The van der Waals surface area contributed by atoms with Gasteiger partial charge in [-0.05, 0) is 46.5 Å². The third-order valence-electron chi connectivity index (χ3n) is 3.75. The lowest BCUT2D eigenvalue weighted by atomic mass is 10.2. The molecule has 0 saturated heterocycles. The predicted molar refractivity (Wildman–Crippen MR) is 77.4 cm³/mol. The van der Waals surface area contributed by atoms with Gasteiger partial charge in [0.15, 0.2) is 4.67 Å². The Balaban J connectivity index is 1.66. The summed E-state index contributed by atoms with van der Waals surface area (Å²) in [7, 11) is 1.75. The first-order chi connectivity index (χ1) is 9.56. The standard InChI is InChI=1S/C15H16BrNO3/c1-9-7-12(9)13-4-3-10(20-13)8-17(2)15(18)11-5-6-19-14(11)16/h3-6,9,12H,7-8H2,1-2H3. The largest absolute Gasteiger partial charge is 0.464 e. The van der Waals surface area contributed by atoms with Crippen molar-refractivity contribution in [2.24, 2.45) is 5.92 Å². The fraction of sp³-hybridized carbons (Fsp3) is 0.400. The van der Waals surface area contributed by atoms with Crippen LogP contribution in [-0.2, 0) is 6.54 Å². The molecule has 2 atom stereocenters. The summed E-state index contributed by atoms with van der Waals surface area (Å²) in [6.45, 7) is 2.68. The molecule has 106 valence electrons. The molecule has 1 aliphatic carbocycles. The molecule has 1 saturated carbocycles. The highest BCUT2D eigenvalue weighted by molar-refractivity contribution is 9.10. The lowest BCUT2D eigenvalue weighted by Crippen LogP contribution is -2.25. The number of nitrogens with zero attached hydrogens (tertiary/aromatic N) is 1. The van der Waals surface area contributed by atoms with Crippen LogP contribution in [0.4, 0.5) is 0 Å². The van der Waals surface area contributed by atoms with Gasteiger partial charge in [-0.15, -0.1) is 0 Å². The van der Waals surface area contributed by atoms with E-state index in [-0.39, 0.29) is 5.91 Å². The number of hydrogen-bond acceptors (Lipinski definition) is 3. The summed E-state index contributed by atoms with van der Waals surface area (Å²) >= 11 is 3.22. The quantitative estimate of drug-likeness (QED) is 0.846. The highest BCUT2D eigenvalue weighted by Gasteiger charge is 2.36. The van der Waals surface area contributed by atoms with Crippen LogP contribution in [0.2, 0.25) is 0 Å². The minimum Gasteiger partial charge on any atom is -0.464 e. The molecule has 3 rings (SSSR count). The first-order valence-electron chi connectivity index (χ1n) is 6.63. The van der Waals surface area contributed by atoms with Crippen LogP contribution in [0, 0.1) is 5.92 Å². The van der Waals surface area contributed by atoms with Gasteiger partial charge in [-0.25, -0.2) is 0 Å². The second kappa shape index (κ2) is 5.13. The second-order valence-electron chi connectivity index (χ2n) is 5.39. The van der Waals surface area contributed by atoms with Gasteiger partial charge >= 0.3 is 0 Å². The van der Waals surface area contributed by atoms with Crippen molar-refractivity contribution >= 4 is 21.8 Å². The Morgan fingerprint density at radius 2 is 2.20 bits per heavy atom. The van der Waals surface area contributed by atoms with Crippen LogP contribution in [-0.4, -0.2) is 17.9 Å². The van der Waals surface area contributed by atoms with Gasteiger partial charge in [0.25, 0.3) is 5.91 Å². The van der Waals surface area contributed by atoms with Gasteiger partial charge in [-0.1, -0.05) is 6.92 Å². The van der Waals surface area contributed by atoms with Gasteiger partial charge in [-0.3, -0.25) is 4.79 Å². The first kappa shape index (κ1) is 13.5. The van der Waals surface area contributed by atoms with Crippen LogP contribution in [0.3, 0.4) is 0 Å². The van der Waals surface area contributed by atoms with Crippen molar-refractivity contribution in [3.63, 3.8) is 0 Å². The molecular weight excluding hydrogens is 322 g/mol. The molecule has 0 N–H and O–H groups in total. The number of rotatable bonds is 4. The normalized spacial score (nSPS) is 20.9. The Morgan fingerprint density at radius 1 is 1.45 bits per heavy atom. The number of halogens is 1. The zero-order valence-corrected chi connectivity index (χ0v) is 13.0. The third-order valence-corrected chi connectivity index (χ3v) is 4.36. The van der Waals surface area contributed by atoms with Crippen molar-refractivity contribution < 1.29 is 13.6 Å². The van der Waals surface area contributed by atoms with Crippen molar-refractivity contribution in [1.29, 1.82) is 0 Å². The van der Waals surface area contributed by atoms with E-state index >= 15 is 0 Å². The molecule has 5 heteroatoms. The van der Waals surface area contributed by atoms with Gasteiger partial charge in [0.05, 0.1) is 18.4 Å². The number of furan rings is 2. The molecule has 4 nitrogen and oxygen atoms in total. The molecule has 0 aromatic carbocycles. The van der Waals surface area contributed by atoms with Crippen molar-refractivity contribution in [3.8, 4) is 0 Å². The molecule has 2 unspecified atom stereocenters. The van der Waals surface area contributed by atoms with Crippen LogP contribution < -0.4 is 0 Å². The molecule has 0 bridgehead atoms.